The highest BCUT2D eigenvalue weighted by Gasteiger charge is 2.23. The number of rotatable bonds is 7. The fourth-order valence-electron chi connectivity index (χ4n) is 2.26. The van der Waals surface area contributed by atoms with Gasteiger partial charge in [0.15, 0.2) is 26.4 Å². The lowest BCUT2D eigenvalue weighted by Crippen LogP contribution is -2.01. The van der Waals surface area contributed by atoms with Gasteiger partial charge in [0.25, 0.3) is 0 Å². The third-order valence-electron chi connectivity index (χ3n) is 3.56. The zero-order valence-electron chi connectivity index (χ0n) is 14.5. The Bertz CT molecular complexity index is 1120. The molecule has 2 aromatic heterocycles. The minimum Gasteiger partial charge on any atom is -0.453 e. The van der Waals surface area contributed by atoms with Gasteiger partial charge in [0.1, 0.15) is 9.96 Å². The van der Waals surface area contributed by atoms with Gasteiger partial charge in [0, 0.05) is 25.1 Å². The van der Waals surface area contributed by atoms with E-state index in [9.17, 15) is 22.9 Å². The summed E-state index contributed by atoms with van der Waals surface area (Å²) in [5, 5.41) is 14.0. The summed E-state index contributed by atoms with van der Waals surface area (Å²) in [6.45, 7) is 0.0641. The molecule has 2 heterocycles. The summed E-state index contributed by atoms with van der Waals surface area (Å²) in [6, 6.07) is 8.56. The molecule has 0 saturated heterocycles. The number of halogens is 1. The molecule has 0 fully saturated rings. The summed E-state index contributed by atoms with van der Waals surface area (Å²) in [7, 11) is -3.57. The van der Waals surface area contributed by atoms with E-state index in [0.29, 0.717) is 11.3 Å². The summed E-state index contributed by atoms with van der Waals surface area (Å²) in [5.74, 6) is -0.214. The number of benzene rings is 1. The van der Waals surface area contributed by atoms with Crippen LogP contribution in [0.2, 0.25) is 0 Å². The third-order valence-corrected chi connectivity index (χ3v) is 6.45. The lowest BCUT2D eigenvalue weighted by atomic mass is 10.2. The first kappa shape index (κ1) is 19.7. The van der Waals surface area contributed by atoms with Gasteiger partial charge >= 0.3 is 5.69 Å². The highest BCUT2D eigenvalue weighted by atomic mass is 32.2. The fraction of sp³-hybridized carbons (Fsp3) is 0.118. The van der Waals surface area contributed by atoms with Gasteiger partial charge in [-0.1, -0.05) is 17.4 Å². The van der Waals surface area contributed by atoms with Gasteiger partial charge in [0.05, 0.1) is 11.1 Å². The minimum atomic E-state index is -3.57. The van der Waals surface area contributed by atoms with Gasteiger partial charge in [-0.25, -0.2) is 12.8 Å². The molecule has 8 nitrogen and oxygen atoms in total. The molecule has 3 aromatic rings. The maximum Gasteiger partial charge on any atom is 0.304 e. The van der Waals surface area contributed by atoms with E-state index < -0.39 is 20.6 Å². The van der Waals surface area contributed by atoms with E-state index in [1.54, 1.807) is 24.4 Å². The van der Waals surface area contributed by atoms with Gasteiger partial charge < -0.3 is 10.1 Å². The number of pyridine rings is 1. The predicted molar refractivity (Wildman–Crippen MR) is 102 cm³/mol. The summed E-state index contributed by atoms with van der Waals surface area (Å²) in [5.41, 5.74) is 0.155. The molecule has 0 amide bonds. The molecule has 0 unspecified atom stereocenters. The second-order valence-corrected chi connectivity index (χ2v) is 9.01. The van der Waals surface area contributed by atoms with Crippen molar-refractivity contribution in [3.63, 3.8) is 0 Å². The summed E-state index contributed by atoms with van der Waals surface area (Å²) in [6.07, 6.45) is 3.99. The highest BCUT2D eigenvalue weighted by molar-refractivity contribution is 7.92. The van der Waals surface area contributed by atoms with Crippen molar-refractivity contribution < 1.29 is 22.5 Å². The first-order valence-electron chi connectivity index (χ1n) is 7.82. The van der Waals surface area contributed by atoms with Crippen molar-refractivity contribution in [3.8, 4) is 11.5 Å². The Morgan fingerprint density at radius 2 is 2.11 bits per heavy atom. The fourth-order valence-corrected chi connectivity index (χ4v) is 4.19. The molecule has 0 aliphatic rings. The number of sulfone groups is 1. The largest absolute Gasteiger partial charge is 0.453 e. The van der Waals surface area contributed by atoms with Gasteiger partial charge in [-0.05, 0) is 29.8 Å². The molecule has 0 aliphatic heterocycles. The van der Waals surface area contributed by atoms with E-state index in [4.69, 9.17) is 4.74 Å². The molecule has 28 heavy (non-hydrogen) atoms. The van der Waals surface area contributed by atoms with Crippen molar-refractivity contribution in [3.05, 3.63) is 70.3 Å². The van der Waals surface area contributed by atoms with Crippen LogP contribution in [-0.2, 0) is 16.4 Å². The standard InChI is InChI=1S/C17H14FN3O5S2/c1-28(24,25)16-8-14(21(22)23)17(27-16)20-9-11-4-5-15(13(18)7-11)26-12-3-2-6-19-10-12/h2-8,10,20H,9H2,1H3. The summed E-state index contributed by atoms with van der Waals surface area (Å²) < 4.78 is 42.8. The Morgan fingerprint density at radius 3 is 2.71 bits per heavy atom. The van der Waals surface area contributed by atoms with E-state index in [1.165, 1.54) is 18.3 Å². The van der Waals surface area contributed by atoms with Crippen molar-refractivity contribution in [2.45, 2.75) is 10.8 Å². The molecular weight excluding hydrogens is 409 g/mol. The Kier molecular flexibility index (Phi) is 5.56. The monoisotopic (exact) mass is 423 g/mol. The van der Waals surface area contributed by atoms with Crippen LogP contribution in [0.1, 0.15) is 5.56 Å². The van der Waals surface area contributed by atoms with Crippen LogP contribution in [-0.4, -0.2) is 24.6 Å². The quantitative estimate of drug-likeness (QED) is 0.452. The van der Waals surface area contributed by atoms with E-state index >= 15 is 0 Å². The second-order valence-electron chi connectivity index (χ2n) is 5.72. The number of hydrogen-bond acceptors (Lipinski definition) is 8. The smallest absolute Gasteiger partial charge is 0.304 e. The number of anilines is 1. The SMILES string of the molecule is CS(=O)(=O)c1cc([N+](=O)[O-])c(NCc2ccc(Oc3cccnc3)c(F)c2)s1. The molecule has 1 N–H and O–H groups in total. The van der Waals surface area contributed by atoms with Gasteiger partial charge in [0.2, 0.25) is 0 Å². The molecule has 11 heteroatoms. The molecule has 0 spiro atoms. The lowest BCUT2D eigenvalue weighted by molar-refractivity contribution is -0.383. The van der Waals surface area contributed by atoms with E-state index in [0.717, 1.165) is 23.7 Å². The molecule has 0 aliphatic carbocycles. The van der Waals surface area contributed by atoms with Gasteiger partial charge in [-0.2, -0.15) is 0 Å². The molecule has 0 saturated carbocycles. The van der Waals surface area contributed by atoms with Crippen LogP contribution in [0.5, 0.6) is 11.5 Å². The van der Waals surface area contributed by atoms with Crippen LogP contribution in [0.4, 0.5) is 15.1 Å². The highest BCUT2D eigenvalue weighted by Crippen LogP contribution is 2.37. The van der Waals surface area contributed by atoms with Crippen LogP contribution in [0.15, 0.2) is 53.0 Å². The van der Waals surface area contributed by atoms with Gasteiger partial charge in [-0.15, -0.1) is 0 Å². The Balaban J connectivity index is 1.75. The third kappa shape index (κ3) is 4.61. The number of thiophene rings is 1. The van der Waals surface area contributed by atoms with E-state index in [-0.39, 0.29) is 27.2 Å². The minimum absolute atomic E-state index is 0.0122. The normalized spacial score (nSPS) is 11.2. The maximum atomic E-state index is 14.3. The van der Waals surface area contributed by atoms with E-state index in [1.807, 2.05) is 0 Å². The Morgan fingerprint density at radius 1 is 1.32 bits per heavy atom. The van der Waals surface area contributed by atoms with Crippen molar-refractivity contribution in [2.75, 3.05) is 11.6 Å². The lowest BCUT2D eigenvalue weighted by Gasteiger charge is -2.09. The number of nitrogens with zero attached hydrogens (tertiary/aromatic N) is 2. The van der Waals surface area contributed by atoms with Crippen LogP contribution in [0.3, 0.4) is 0 Å². The summed E-state index contributed by atoms with van der Waals surface area (Å²) in [4.78, 5) is 14.4. The number of nitrogens with one attached hydrogen (secondary N) is 1. The average Bonchev–Trinajstić information content (AvgIpc) is 3.08. The molecular formula is C17H14FN3O5S2. The predicted octanol–water partition coefficient (Wildman–Crippen LogP) is 4.00. The van der Waals surface area contributed by atoms with Crippen molar-refractivity contribution in [2.24, 2.45) is 0 Å². The zero-order valence-corrected chi connectivity index (χ0v) is 16.1. The maximum absolute atomic E-state index is 14.3. The molecule has 0 bridgehead atoms. The first-order valence-corrected chi connectivity index (χ1v) is 10.5. The number of hydrogen-bond donors (Lipinski definition) is 1. The van der Waals surface area contributed by atoms with Crippen molar-refractivity contribution in [1.29, 1.82) is 0 Å². The van der Waals surface area contributed by atoms with Gasteiger partial charge in [-0.3, -0.25) is 15.1 Å². The van der Waals surface area contributed by atoms with Crippen LogP contribution < -0.4 is 10.1 Å². The Labute approximate surface area is 163 Å². The summed E-state index contributed by atoms with van der Waals surface area (Å²) >= 11 is 0.757. The van der Waals surface area contributed by atoms with Crippen LogP contribution in [0, 0.1) is 15.9 Å². The molecule has 1 aromatic carbocycles. The van der Waals surface area contributed by atoms with Crippen molar-refractivity contribution >= 4 is 31.9 Å². The number of ether oxygens (including phenoxy) is 1. The Hall–Kier alpha value is -3.05. The molecule has 3 rings (SSSR count). The van der Waals surface area contributed by atoms with E-state index in [2.05, 4.69) is 10.3 Å². The van der Waals surface area contributed by atoms with Crippen LogP contribution >= 0.6 is 11.3 Å². The second kappa shape index (κ2) is 7.90. The average molecular weight is 423 g/mol. The topological polar surface area (TPSA) is 111 Å². The zero-order chi connectivity index (χ0) is 20.3. The van der Waals surface area contributed by atoms with Crippen molar-refractivity contribution in [1.82, 2.24) is 4.98 Å². The molecule has 0 radical (unpaired) electrons. The number of nitro groups is 1. The first-order chi connectivity index (χ1) is 13.2. The number of aromatic nitrogens is 1. The van der Waals surface area contributed by atoms with Crippen LogP contribution in [0.25, 0.3) is 0 Å². The molecule has 146 valence electrons. The molecule has 0 atom stereocenters.